The summed E-state index contributed by atoms with van der Waals surface area (Å²) in [5.41, 5.74) is 0. The predicted octanol–water partition coefficient (Wildman–Crippen LogP) is 1.78. The molecule has 0 aromatic carbocycles. The van der Waals surface area contributed by atoms with Crippen molar-refractivity contribution in [3.63, 3.8) is 0 Å². The van der Waals surface area contributed by atoms with Crippen molar-refractivity contribution in [1.82, 2.24) is 4.90 Å². The van der Waals surface area contributed by atoms with E-state index in [4.69, 9.17) is 0 Å². The first-order valence-electron chi connectivity index (χ1n) is 5.75. The number of ketones is 1. The standard InChI is InChI=1S/C11H18F3NO3/c1-3-5-15(8-11(12,13)14)7-9(16)6-10(17)18-4-2/h3-8H2,1-2H3. The van der Waals surface area contributed by atoms with E-state index < -0.39 is 30.9 Å². The maximum atomic E-state index is 12.2. The molecule has 0 N–H and O–H groups in total. The van der Waals surface area contributed by atoms with Gasteiger partial charge in [-0.05, 0) is 19.9 Å². The maximum Gasteiger partial charge on any atom is 0.401 e. The maximum absolute atomic E-state index is 12.2. The van der Waals surface area contributed by atoms with E-state index in [0.29, 0.717) is 6.42 Å². The minimum absolute atomic E-state index is 0.146. The highest BCUT2D eigenvalue weighted by Gasteiger charge is 2.31. The molecule has 0 aliphatic carbocycles. The molecule has 7 heteroatoms. The van der Waals surface area contributed by atoms with Gasteiger partial charge in [0.25, 0.3) is 0 Å². The first-order valence-corrected chi connectivity index (χ1v) is 5.75. The molecule has 0 aliphatic rings. The molecule has 106 valence electrons. The lowest BCUT2D eigenvalue weighted by atomic mass is 10.2. The Morgan fingerprint density at radius 1 is 1.22 bits per heavy atom. The normalized spacial score (nSPS) is 11.7. The number of carbonyl (C=O) groups excluding carboxylic acids is 2. The highest BCUT2D eigenvalue weighted by Crippen LogP contribution is 2.16. The van der Waals surface area contributed by atoms with E-state index in [9.17, 15) is 22.8 Å². The van der Waals surface area contributed by atoms with Crippen LogP contribution in [0.5, 0.6) is 0 Å². The summed E-state index contributed by atoms with van der Waals surface area (Å²) < 4.78 is 41.2. The van der Waals surface area contributed by atoms with Gasteiger partial charge in [-0.25, -0.2) is 0 Å². The first-order chi connectivity index (χ1) is 8.28. The lowest BCUT2D eigenvalue weighted by Crippen LogP contribution is -2.38. The number of hydrogen-bond donors (Lipinski definition) is 0. The minimum Gasteiger partial charge on any atom is -0.466 e. The average Bonchev–Trinajstić information content (AvgIpc) is 2.14. The molecular formula is C11H18F3NO3. The number of hydrogen-bond acceptors (Lipinski definition) is 4. The largest absolute Gasteiger partial charge is 0.466 e. The summed E-state index contributed by atoms with van der Waals surface area (Å²) in [6, 6.07) is 0. The summed E-state index contributed by atoms with van der Waals surface area (Å²) in [5.74, 6) is -1.27. The quantitative estimate of drug-likeness (QED) is 0.498. The van der Waals surface area contributed by atoms with Crippen LogP contribution in [-0.4, -0.2) is 49.1 Å². The van der Waals surface area contributed by atoms with Crippen molar-refractivity contribution >= 4 is 11.8 Å². The number of carbonyl (C=O) groups is 2. The van der Waals surface area contributed by atoms with Gasteiger partial charge in [0.05, 0.1) is 19.7 Å². The van der Waals surface area contributed by atoms with E-state index in [2.05, 4.69) is 4.74 Å². The molecule has 0 aromatic rings. The van der Waals surface area contributed by atoms with Crippen LogP contribution in [0.4, 0.5) is 13.2 Å². The third kappa shape index (κ3) is 8.98. The van der Waals surface area contributed by atoms with Crippen molar-refractivity contribution in [2.24, 2.45) is 0 Å². The summed E-state index contributed by atoms with van der Waals surface area (Å²) >= 11 is 0. The van der Waals surface area contributed by atoms with Gasteiger partial charge < -0.3 is 4.74 Å². The lowest BCUT2D eigenvalue weighted by molar-refractivity contribution is -0.150. The second-order valence-corrected chi connectivity index (χ2v) is 3.85. The van der Waals surface area contributed by atoms with E-state index in [-0.39, 0.29) is 19.7 Å². The Bertz CT molecular complexity index is 279. The van der Waals surface area contributed by atoms with Gasteiger partial charge in [-0.1, -0.05) is 6.92 Å². The number of alkyl halides is 3. The number of ether oxygens (including phenoxy) is 1. The van der Waals surface area contributed by atoms with Crippen LogP contribution in [0, 0.1) is 0 Å². The molecule has 0 amide bonds. The predicted molar refractivity (Wildman–Crippen MR) is 59.0 cm³/mol. The van der Waals surface area contributed by atoms with Gasteiger partial charge in [0.15, 0.2) is 5.78 Å². The Labute approximate surface area is 104 Å². The van der Waals surface area contributed by atoms with Gasteiger partial charge in [-0.3, -0.25) is 14.5 Å². The summed E-state index contributed by atoms with van der Waals surface area (Å²) in [4.78, 5) is 23.4. The molecule has 0 saturated carbocycles. The van der Waals surface area contributed by atoms with Crippen LogP contribution in [-0.2, 0) is 14.3 Å². The van der Waals surface area contributed by atoms with Crippen LogP contribution in [0.15, 0.2) is 0 Å². The molecule has 18 heavy (non-hydrogen) atoms. The summed E-state index contributed by atoms with van der Waals surface area (Å²) in [6.45, 7) is 2.09. The molecule has 0 unspecified atom stereocenters. The van der Waals surface area contributed by atoms with Gasteiger partial charge in [0.2, 0.25) is 0 Å². The zero-order chi connectivity index (χ0) is 14.2. The second-order valence-electron chi connectivity index (χ2n) is 3.85. The zero-order valence-electron chi connectivity index (χ0n) is 10.5. The van der Waals surface area contributed by atoms with Gasteiger partial charge in [-0.15, -0.1) is 0 Å². The van der Waals surface area contributed by atoms with Crippen LogP contribution >= 0.6 is 0 Å². The smallest absolute Gasteiger partial charge is 0.401 e. The Balaban J connectivity index is 4.23. The molecule has 0 bridgehead atoms. The number of halogens is 3. The molecule has 0 atom stereocenters. The molecule has 0 aliphatic heterocycles. The van der Waals surface area contributed by atoms with Crippen LogP contribution in [0.3, 0.4) is 0 Å². The van der Waals surface area contributed by atoms with Gasteiger partial charge in [0.1, 0.15) is 6.42 Å². The lowest BCUT2D eigenvalue weighted by Gasteiger charge is -2.21. The van der Waals surface area contributed by atoms with Gasteiger partial charge >= 0.3 is 12.1 Å². The van der Waals surface area contributed by atoms with Crippen LogP contribution < -0.4 is 0 Å². The molecule has 0 spiro atoms. The highest BCUT2D eigenvalue weighted by molar-refractivity contribution is 5.96. The van der Waals surface area contributed by atoms with Crippen LogP contribution in [0.2, 0.25) is 0 Å². The molecule has 0 saturated heterocycles. The molecule has 0 rings (SSSR count). The average molecular weight is 269 g/mol. The van der Waals surface area contributed by atoms with E-state index in [1.165, 1.54) is 0 Å². The number of nitrogens with zero attached hydrogens (tertiary/aromatic N) is 1. The molecule has 0 fully saturated rings. The Hall–Kier alpha value is -1.11. The van der Waals surface area contributed by atoms with Crippen molar-refractivity contribution in [1.29, 1.82) is 0 Å². The van der Waals surface area contributed by atoms with Crippen LogP contribution in [0.25, 0.3) is 0 Å². The van der Waals surface area contributed by atoms with Crippen molar-refractivity contribution in [3.05, 3.63) is 0 Å². The fraction of sp³-hybridized carbons (Fsp3) is 0.818. The zero-order valence-corrected chi connectivity index (χ0v) is 10.5. The summed E-state index contributed by atoms with van der Waals surface area (Å²) in [6.07, 6.45) is -4.33. The molecule has 0 heterocycles. The van der Waals surface area contributed by atoms with E-state index in [1.54, 1.807) is 13.8 Å². The number of Topliss-reactive ketones (excluding diaryl/α,β-unsaturated/α-hetero) is 1. The summed E-state index contributed by atoms with van der Waals surface area (Å²) in [5, 5.41) is 0. The molecule has 4 nitrogen and oxygen atoms in total. The third-order valence-electron chi connectivity index (χ3n) is 1.99. The van der Waals surface area contributed by atoms with Crippen molar-refractivity contribution in [2.45, 2.75) is 32.9 Å². The van der Waals surface area contributed by atoms with Gasteiger partial charge in [0, 0.05) is 0 Å². The molecule has 0 aromatic heterocycles. The second kappa shape index (κ2) is 8.07. The fourth-order valence-electron chi connectivity index (χ4n) is 1.46. The van der Waals surface area contributed by atoms with Gasteiger partial charge in [-0.2, -0.15) is 13.2 Å². The van der Waals surface area contributed by atoms with Crippen LogP contribution in [0.1, 0.15) is 26.7 Å². The summed E-state index contributed by atoms with van der Waals surface area (Å²) in [7, 11) is 0. The minimum atomic E-state index is -4.35. The fourth-order valence-corrected chi connectivity index (χ4v) is 1.46. The third-order valence-corrected chi connectivity index (χ3v) is 1.99. The van der Waals surface area contributed by atoms with Crippen molar-refractivity contribution < 1.29 is 27.5 Å². The first kappa shape index (κ1) is 16.9. The van der Waals surface area contributed by atoms with Crippen molar-refractivity contribution in [3.8, 4) is 0 Å². The van der Waals surface area contributed by atoms with E-state index in [0.717, 1.165) is 4.90 Å². The topological polar surface area (TPSA) is 46.6 Å². The Kier molecular flexibility index (Phi) is 7.58. The SMILES string of the molecule is CCCN(CC(=O)CC(=O)OCC)CC(F)(F)F. The monoisotopic (exact) mass is 269 g/mol. The Morgan fingerprint density at radius 3 is 2.28 bits per heavy atom. The number of rotatable bonds is 8. The highest BCUT2D eigenvalue weighted by atomic mass is 19.4. The van der Waals surface area contributed by atoms with Crippen molar-refractivity contribution in [2.75, 3.05) is 26.2 Å². The van der Waals surface area contributed by atoms with E-state index in [1.807, 2.05) is 0 Å². The number of esters is 1. The molecular weight excluding hydrogens is 251 g/mol. The van der Waals surface area contributed by atoms with E-state index >= 15 is 0 Å². The Morgan fingerprint density at radius 2 is 1.83 bits per heavy atom. The molecule has 0 radical (unpaired) electrons.